The highest BCUT2D eigenvalue weighted by molar-refractivity contribution is 5.76. The van der Waals surface area contributed by atoms with Gasteiger partial charge in [-0.15, -0.1) is 5.10 Å². The number of carbonyl (C=O) groups excluding carboxylic acids is 1. The van der Waals surface area contributed by atoms with Crippen LogP contribution >= 0.6 is 0 Å². The van der Waals surface area contributed by atoms with Crippen molar-refractivity contribution in [2.75, 3.05) is 13.1 Å². The van der Waals surface area contributed by atoms with Crippen molar-refractivity contribution in [3.05, 3.63) is 59.3 Å². The number of amides is 1. The number of carbonyl (C=O) groups is 1. The summed E-state index contributed by atoms with van der Waals surface area (Å²) in [7, 11) is 0. The Hall–Kier alpha value is -3.13. The highest BCUT2D eigenvalue weighted by Gasteiger charge is 2.26. The average molecular weight is 382 g/mol. The maximum Gasteiger partial charge on any atom is 0.437 e. The molecule has 1 aliphatic heterocycles. The molecule has 8 nitrogen and oxygen atoms in total. The topological polar surface area (TPSA) is 82.5 Å². The molecule has 0 saturated carbocycles. The summed E-state index contributed by atoms with van der Waals surface area (Å²) in [5.41, 5.74) is 1.59. The highest BCUT2D eigenvalue weighted by Crippen LogP contribution is 2.19. The summed E-state index contributed by atoms with van der Waals surface area (Å²) < 4.78 is 14.0. The summed E-state index contributed by atoms with van der Waals surface area (Å²) in [6.07, 6.45) is 3.79. The van der Waals surface area contributed by atoms with E-state index in [0.29, 0.717) is 18.7 Å². The van der Waals surface area contributed by atoms with Crippen molar-refractivity contribution in [1.29, 1.82) is 0 Å². The Bertz CT molecular complexity index is 1010. The minimum absolute atomic E-state index is 0.0336. The van der Waals surface area contributed by atoms with Crippen LogP contribution in [0, 0.1) is 0 Å². The first-order valence-corrected chi connectivity index (χ1v) is 9.24. The standard InChI is InChI=1S/C20H22N4O4/c1-14-11-23(12-15(2)27-14)18(25)13-24-20(26)28-19(21-24)16-6-5-7-17(10-16)22-8-3-4-9-22/h3-10,14-15H,11-13H2,1-2H3/t14-,15+. The van der Waals surface area contributed by atoms with E-state index < -0.39 is 5.76 Å². The number of nitrogens with zero attached hydrogens (tertiary/aromatic N) is 4. The van der Waals surface area contributed by atoms with Gasteiger partial charge in [-0.3, -0.25) is 4.79 Å². The van der Waals surface area contributed by atoms with Crippen LogP contribution < -0.4 is 5.76 Å². The molecule has 1 aliphatic rings. The van der Waals surface area contributed by atoms with Crippen LogP contribution in [-0.4, -0.2) is 50.5 Å². The lowest BCUT2D eigenvalue weighted by Gasteiger charge is -2.35. The summed E-state index contributed by atoms with van der Waals surface area (Å²) in [5.74, 6) is -0.635. The van der Waals surface area contributed by atoms with E-state index in [9.17, 15) is 9.59 Å². The third-order valence-electron chi connectivity index (χ3n) is 4.66. The zero-order valence-electron chi connectivity index (χ0n) is 15.8. The molecule has 4 rings (SSSR count). The number of rotatable bonds is 4. The van der Waals surface area contributed by atoms with Gasteiger partial charge in [0.05, 0.1) is 12.2 Å². The molecule has 3 heterocycles. The molecule has 1 saturated heterocycles. The van der Waals surface area contributed by atoms with Crippen molar-refractivity contribution < 1.29 is 13.9 Å². The lowest BCUT2D eigenvalue weighted by molar-refractivity contribution is -0.144. The zero-order chi connectivity index (χ0) is 19.7. The maximum absolute atomic E-state index is 12.6. The van der Waals surface area contributed by atoms with E-state index in [1.807, 2.05) is 67.2 Å². The Morgan fingerprint density at radius 2 is 1.86 bits per heavy atom. The molecular weight excluding hydrogens is 360 g/mol. The summed E-state index contributed by atoms with van der Waals surface area (Å²) in [6, 6.07) is 11.4. The first-order chi connectivity index (χ1) is 13.5. The van der Waals surface area contributed by atoms with Crippen LogP contribution in [0.2, 0.25) is 0 Å². The van der Waals surface area contributed by atoms with E-state index >= 15 is 0 Å². The van der Waals surface area contributed by atoms with Gasteiger partial charge in [0.1, 0.15) is 6.54 Å². The monoisotopic (exact) mass is 382 g/mol. The molecule has 1 aromatic carbocycles. The molecule has 0 bridgehead atoms. The van der Waals surface area contributed by atoms with Crippen LogP contribution in [0.3, 0.4) is 0 Å². The average Bonchev–Trinajstić information content (AvgIpc) is 3.32. The molecule has 0 spiro atoms. The number of morpholine rings is 1. The fraction of sp³-hybridized carbons (Fsp3) is 0.350. The van der Waals surface area contributed by atoms with Gasteiger partial charge in [0.15, 0.2) is 0 Å². The van der Waals surface area contributed by atoms with Gasteiger partial charge in [0, 0.05) is 36.7 Å². The third-order valence-corrected chi connectivity index (χ3v) is 4.66. The van der Waals surface area contributed by atoms with Crippen LogP contribution in [0.4, 0.5) is 0 Å². The zero-order valence-corrected chi connectivity index (χ0v) is 15.8. The molecule has 1 amide bonds. The molecule has 2 atom stereocenters. The van der Waals surface area contributed by atoms with Crippen molar-refractivity contribution in [2.45, 2.75) is 32.6 Å². The highest BCUT2D eigenvalue weighted by atomic mass is 16.5. The molecule has 146 valence electrons. The van der Waals surface area contributed by atoms with Gasteiger partial charge in [0.25, 0.3) is 0 Å². The molecule has 0 unspecified atom stereocenters. The van der Waals surface area contributed by atoms with Crippen molar-refractivity contribution in [1.82, 2.24) is 19.2 Å². The first-order valence-electron chi connectivity index (χ1n) is 9.24. The van der Waals surface area contributed by atoms with Crippen molar-refractivity contribution >= 4 is 5.91 Å². The molecular formula is C20H22N4O4. The smallest absolute Gasteiger partial charge is 0.388 e. The Morgan fingerprint density at radius 3 is 2.57 bits per heavy atom. The number of hydrogen-bond acceptors (Lipinski definition) is 5. The molecule has 0 radical (unpaired) electrons. The molecule has 2 aromatic heterocycles. The van der Waals surface area contributed by atoms with E-state index in [1.54, 1.807) is 4.90 Å². The quantitative estimate of drug-likeness (QED) is 0.689. The minimum Gasteiger partial charge on any atom is -0.388 e. The number of aromatic nitrogens is 3. The second-order valence-corrected chi connectivity index (χ2v) is 7.03. The predicted octanol–water partition coefficient (Wildman–Crippen LogP) is 1.93. The Balaban J connectivity index is 1.54. The third kappa shape index (κ3) is 3.77. The van der Waals surface area contributed by atoms with Crippen LogP contribution in [0.5, 0.6) is 0 Å². The van der Waals surface area contributed by atoms with Crippen LogP contribution in [-0.2, 0) is 16.1 Å². The Kier molecular flexibility index (Phi) is 4.87. The van der Waals surface area contributed by atoms with E-state index in [1.165, 1.54) is 0 Å². The largest absolute Gasteiger partial charge is 0.437 e. The molecule has 28 heavy (non-hydrogen) atoms. The summed E-state index contributed by atoms with van der Waals surface area (Å²) in [4.78, 5) is 26.5. The first kappa shape index (κ1) is 18.2. The van der Waals surface area contributed by atoms with Crippen molar-refractivity contribution in [2.24, 2.45) is 0 Å². The maximum atomic E-state index is 12.6. The van der Waals surface area contributed by atoms with Gasteiger partial charge in [-0.05, 0) is 44.2 Å². The van der Waals surface area contributed by atoms with Crippen molar-refractivity contribution in [3.8, 4) is 17.1 Å². The van der Waals surface area contributed by atoms with Crippen LogP contribution in [0.25, 0.3) is 17.1 Å². The molecule has 8 heteroatoms. The summed E-state index contributed by atoms with van der Waals surface area (Å²) in [6.45, 7) is 4.70. The number of ether oxygens (including phenoxy) is 1. The molecule has 0 aliphatic carbocycles. The van der Waals surface area contributed by atoms with Gasteiger partial charge in [-0.25, -0.2) is 4.79 Å². The van der Waals surface area contributed by atoms with Gasteiger partial charge >= 0.3 is 5.76 Å². The molecule has 3 aromatic rings. The lowest BCUT2D eigenvalue weighted by Crippen LogP contribution is -2.49. The van der Waals surface area contributed by atoms with E-state index in [0.717, 1.165) is 10.4 Å². The van der Waals surface area contributed by atoms with Gasteiger partial charge in [0.2, 0.25) is 11.8 Å². The lowest BCUT2D eigenvalue weighted by atomic mass is 10.2. The fourth-order valence-corrected chi connectivity index (χ4v) is 3.44. The summed E-state index contributed by atoms with van der Waals surface area (Å²) in [5, 5.41) is 4.22. The van der Waals surface area contributed by atoms with Gasteiger partial charge < -0.3 is 18.6 Å². The predicted molar refractivity (Wildman–Crippen MR) is 102 cm³/mol. The Morgan fingerprint density at radius 1 is 1.14 bits per heavy atom. The summed E-state index contributed by atoms with van der Waals surface area (Å²) >= 11 is 0. The van der Waals surface area contributed by atoms with Gasteiger partial charge in [-0.1, -0.05) is 6.07 Å². The number of hydrogen-bond donors (Lipinski definition) is 0. The molecule has 1 fully saturated rings. The Labute approximate surface area is 161 Å². The molecule has 0 N–H and O–H groups in total. The second-order valence-electron chi connectivity index (χ2n) is 7.03. The van der Waals surface area contributed by atoms with Crippen LogP contribution in [0.1, 0.15) is 13.8 Å². The fourth-order valence-electron chi connectivity index (χ4n) is 3.44. The van der Waals surface area contributed by atoms with E-state index in [-0.39, 0.29) is 30.6 Å². The van der Waals surface area contributed by atoms with Gasteiger partial charge in [-0.2, -0.15) is 4.68 Å². The number of benzene rings is 1. The van der Waals surface area contributed by atoms with Crippen LogP contribution in [0.15, 0.2) is 58.0 Å². The van der Waals surface area contributed by atoms with E-state index in [2.05, 4.69) is 5.10 Å². The SMILES string of the molecule is C[C@@H]1CN(C(=O)Cn2nc(-c3cccc(-n4cccc4)c3)oc2=O)C[C@H](C)O1. The second kappa shape index (κ2) is 7.47. The van der Waals surface area contributed by atoms with E-state index in [4.69, 9.17) is 9.15 Å². The minimum atomic E-state index is -0.649. The normalized spacial score (nSPS) is 19.7. The van der Waals surface area contributed by atoms with Crippen molar-refractivity contribution in [3.63, 3.8) is 0 Å².